The predicted molar refractivity (Wildman–Crippen MR) is 111 cm³/mol. The molecule has 5 amide bonds. The van der Waals surface area contributed by atoms with E-state index in [0.717, 1.165) is 0 Å². The van der Waals surface area contributed by atoms with E-state index in [9.17, 15) is 23.9 Å². The van der Waals surface area contributed by atoms with Gasteiger partial charge in [0.1, 0.15) is 17.6 Å². The summed E-state index contributed by atoms with van der Waals surface area (Å²) in [4.78, 5) is 38.9. The van der Waals surface area contributed by atoms with Gasteiger partial charge in [-0.25, -0.2) is 19.4 Å². The molecule has 3 N–H and O–H groups in total. The third kappa shape index (κ3) is 4.54. The summed E-state index contributed by atoms with van der Waals surface area (Å²) in [5.41, 5.74) is 2.74. The molecular weight excluding hydrogens is 459 g/mol. The molecule has 2 aromatic carbocycles. The van der Waals surface area contributed by atoms with Crippen molar-refractivity contribution in [2.75, 3.05) is 11.9 Å². The lowest BCUT2D eigenvalue weighted by molar-refractivity contribution is -0.129. The number of halogens is 2. The minimum Gasteiger partial charge on any atom is -0.508 e. The number of para-hydroxylation sites is 1. The summed E-state index contributed by atoms with van der Waals surface area (Å²) >= 11 is 3.12. The number of aromatic hydroxyl groups is 1. The molecule has 3 rings (SSSR count). The molecule has 0 aliphatic carbocycles. The van der Waals surface area contributed by atoms with Crippen LogP contribution in [0, 0.1) is 5.82 Å². The summed E-state index contributed by atoms with van der Waals surface area (Å²) < 4.78 is 14.4. The number of phenols is 1. The summed E-state index contributed by atoms with van der Waals surface area (Å²) in [6.45, 7) is 1.98. The summed E-state index contributed by atoms with van der Waals surface area (Å²) in [5.74, 6) is -1.15. The molecule has 1 saturated heterocycles. The smallest absolute Gasteiger partial charge is 0.346 e. The topological polar surface area (TPSA) is 102 Å². The van der Waals surface area contributed by atoms with Gasteiger partial charge >= 0.3 is 12.1 Å². The second-order valence-electron chi connectivity index (χ2n) is 6.62. The molecule has 0 spiro atoms. The number of nitrogens with zero attached hydrogens (tertiary/aromatic N) is 2. The molecule has 1 fully saturated rings. The third-order valence-electron chi connectivity index (χ3n) is 4.73. The maximum absolute atomic E-state index is 13.9. The first kappa shape index (κ1) is 21.6. The first-order valence-electron chi connectivity index (χ1n) is 9.26. The van der Waals surface area contributed by atoms with Gasteiger partial charge in [-0.15, -0.1) is 0 Å². The van der Waals surface area contributed by atoms with Crippen LogP contribution in [-0.2, 0) is 11.2 Å². The Labute approximate surface area is 180 Å². The number of carbonyl (C=O) groups is 3. The monoisotopic (exact) mass is 478 g/mol. The summed E-state index contributed by atoms with van der Waals surface area (Å²) in [5, 5.41) is 12.8. The largest absolute Gasteiger partial charge is 0.508 e. The highest BCUT2D eigenvalue weighted by atomic mass is 79.9. The number of urea groups is 2. The fourth-order valence-electron chi connectivity index (χ4n) is 3.23. The number of hydrazine groups is 1. The summed E-state index contributed by atoms with van der Waals surface area (Å²) in [6.07, 6.45) is 0.647. The molecule has 1 atom stereocenters. The van der Waals surface area contributed by atoms with Crippen LogP contribution in [0.5, 0.6) is 5.75 Å². The zero-order chi connectivity index (χ0) is 21.8. The Morgan fingerprint density at radius 3 is 2.63 bits per heavy atom. The highest BCUT2D eigenvalue weighted by Crippen LogP contribution is 2.24. The minimum atomic E-state index is -0.921. The molecule has 8 nitrogen and oxygen atoms in total. The molecule has 1 heterocycles. The van der Waals surface area contributed by atoms with E-state index >= 15 is 0 Å². The molecule has 2 aromatic rings. The molecule has 0 bridgehead atoms. The number of rotatable bonds is 6. The molecule has 30 heavy (non-hydrogen) atoms. The predicted octanol–water partition coefficient (Wildman–Crippen LogP) is 3.62. The molecule has 1 unspecified atom stereocenters. The van der Waals surface area contributed by atoms with E-state index in [4.69, 9.17) is 0 Å². The van der Waals surface area contributed by atoms with Crippen LogP contribution in [-0.4, -0.2) is 45.6 Å². The van der Waals surface area contributed by atoms with Gasteiger partial charge in [-0.05, 0) is 49.6 Å². The number of phenolic OH excluding ortho intramolecular Hbond substituents is 1. The van der Waals surface area contributed by atoms with Gasteiger partial charge in [0, 0.05) is 11.0 Å². The highest BCUT2D eigenvalue weighted by molar-refractivity contribution is 9.10. The van der Waals surface area contributed by atoms with Crippen molar-refractivity contribution in [3.05, 3.63) is 58.3 Å². The van der Waals surface area contributed by atoms with Crippen LogP contribution in [0.15, 0.2) is 46.9 Å². The number of likely N-dealkylation sites (N-methyl/N-ethyl adjacent to an activating group) is 1. The fraction of sp³-hybridized carbons (Fsp3) is 0.250. The zero-order valence-electron chi connectivity index (χ0n) is 16.1. The van der Waals surface area contributed by atoms with Crippen molar-refractivity contribution >= 4 is 39.6 Å². The van der Waals surface area contributed by atoms with Crippen molar-refractivity contribution in [2.24, 2.45) is 0 Å². The number of amides is 5. The van der Waals surface area contributed by atoms with E-state index in [2.05, 4.69) is 26.7 Å². The van der Waals surface area contributed by atoms with Crippen molar-refractivity contribution in [1.82, 2.24) is 15.3 Å². The molecule has 10 heteroatoms. The van der Waals surface area contributed by atoms with E-state index < -0.39 is 29.8 Å². The standard InChI is InChI=1S/C20H20BrFN4O4/c1-2-25-16(10-7-12-5-3-4-6-17(12)27)18(28)26(20(25)30)24-19(29)23-15-9-8-13(21)11-14(15)22/h3-6,8-9,11,16,27H,2,7,10H2,1H3,(H2,23,24,29). The van der Waals surface area contributed by atoms with Crippen molar-refractivity contribution in [2.45, 2.75) is 25.8 Å². The zero-order valence-corrected chi connectivity index (χ0v) is 17.6. The molecule has 1 aliphatic heterocycles. The maximum Gasteiger partial charge on any atom is 0.346 e. The Bertz CT molecular complexity index is 987. The number of aryl methyl sites for hydroxylation is 1. The van der Waals surface area contributed by atoms with Crippen LogP contribution in [0.1, 0.15) is 18.9 Å². The van der Waals surface area contributed by atoms with E-state index in [0.29, 0.717) is 21.5 Å². The second-order valence-corrected chi connectivity index (χ2v) is 7.53. The number of nitrogens with one attached hydrogen (secondary N) is 2. The van der Waals surface area contributed by atoms with Crippen LogP contribution in [0.4, 0.5) is 19.7 Å². The molecule has 158 valence electrons. The number of carbonyl (C=O) groups excluding carboxylic acids is 3. The van der Waals surface area contributed by atoms with Crippen molar-refractivity contribution in [1.29, 1.82) is 0 Å². The minimum absolute atomic E-state index is 0.0988. The lowest BCUT2D eigenvalue weighted by Crippen LogP contribution is -2.48. The van der Waals surface area contributed by atoms with Gasteiger partial charge in [0.15, 0.2) is 0 Å². The fourth-order valence-corrected chi connectivity index (χ4v) is 3.57. The third-order valence-corrected chi connectivity index (χ3v) is 5.22. The van der Waals surface area contributed by atoms with Crippen molar-refractivity contribution < 1.29 is 23.9 Å². The van der Waals surface area contributed by atoms with E-state index in [1.165, 1.54) is 17.0 Å². The number of imide groups is 1. The first-order valence-corrected chi connectivity index (χ1v) is 10.0. The summed E-state index contributed by atoms with van der Waals surface area (Å²) in [7, 11) is 0. The Morgan fingerprint density at radius 1 is 1.23 bits per heavy atom. The van der Waals surface area contributed by atoms with E-state index in [-0.39, 0.29) is 24.4 Å². The maximum atomic E-state index is 13.9. The first-order chi connectivity index (χ1) is 14.3. The van der Waals surface area contributed by atoms with Crippen LogP contribution < -0.4 is 10.7 Å². The van der Waals surface area contributed by atoms with Gasteiger partial charge in [0.25, 0.3) is 5.91 Å². The van der Waals surface area contributed by atoms with E-state index in [1.807, 2.05) is 0 Å². The van der Waals surface area contributed by atoms with Crippen LogP contribution >= 0.6 is 15.9 Å². The number of anilines is 1. The van der Waals surface area contributed by atoms with Crippen LogP contribution in [0.3, 0.4) is 0 Å². The normalized spacial score (nSPS) is 16.2. The quantitative estimate of drug-likeness (QED) is 0.551. The van der Waals surface area contributed by atoms with Gasteiger partial charge in [-0.3, -0.25) is 4.79 Å². The van der Waals surface area contributed by atoms with Gasteiger partial charge < -0.3 is 15.3 Å². The Kier molecular flexibility index (Phi) is 6.56. The number of hydrogen-bond donors (Lipinski definition) is 3. The number of hydrogen-bond acceptors (Lipinski definition) is 4. The Balaban J connectivity index is 1.68. The van der Waals surface area contributed by atoms with Crippen LogP contribution in [0.2, 0.25) is 0 Å². The lowest BCUT2D eigenvalue weighted by atomic mass is 10.0. The van der Waals surface area contributed by atoms with E-state index in [1.54, 1.807) is 37.3 Å². The van der Waals surface area contributed by atoms with Crippen LogP contribution in [0.25, 0.3) is 0 Å². The van der Waals surface area contributed by atoms with Gasteiger partial charge in [0.2, 0.25) is 0 Å². The second kappa shape index (κ2) is 9.12. The van der Waals surface area contributed by atoms with Gasteiger partial charge in [-0.2, -0.15) is 5.01 Å². The highest BCUT2D eigenvalue weighted by Gasteiger charge is 2.45. The molecule has 0 radical (unpaired) electrons. The Morgan fingerprint density at radius 2 is 1.97 bits per heavy atom. The van der Waals surface area contributed by atoms with Gasteiger partial charge in [0.05, 0.1) is 5.69 Å². The van der Waals surface area contributed by atoms with Crippen molar-refractivity contribution in [3.63, 3.8) is 0 Å². The van der Waals surface area contributed by atoms with Gasteiger partial charge in [-0.1, -0.05) is 34.1 Å². The molecular formula is C20H20BrFN4O4. The average molecular weight is 479 g/mol. The molecule has 0 aromatic heterocycles. The summed E-state index contributed by atoms with van der Waals surface area (Å²) in [6, 6.07) is 8.44. The molecule has 1 aliphatic rings. The van der Waals surface area contributed by atoms with Crippen molar-refractivity contribution in [3.8, 4) is 5.75 Å². The average Bonchev–Trinajstić information content (AvgIpc) is 2.93. The molecule has 0 saturated carbocycles. The number of benzene rings is 2. The lowest BCUT2D eigenvalue weighted by Gasteiger charge is -2.19. The SMILES string of the molecule is CCN1C(=O)N(NC(=O)Nc2ccc(Br)cc2F)C(=O)C1CCc1ccccc1O. The Hall–Kier alpha value is -3.14.